The highest BCUT2D eigenvalue weighted by Gasteiger charge is 2.30. The van der Waals surface area contributed by atoms with Crippen LogP contribution in [-0.4, -0.2) is 24.0 Å². The molecule has 18 heavy (non-hydrogen) atoms. The number of hydrogen-bond donors (Lipinski definition) is 1. The maximum Gasteiger partial charge on any atom is 0.0323 e. The van der Waals surface area contributed by atoms with Crippen LogP contribution < -0.4 is 5.73 Å². The lowest BCUT2D eigenvalue weighted by atomic mass is 9.88. The monoisotopic (exact) mass is 246 g/mol. The van der Waals surface area contributed by atoms with Crippen molar-refractivity contribution in [1.29, 1.82) is 0 Å². The normalized spacial score (nSPS) is 27.1. The number of benzene rings is 1. The molecule has 1 saturated heterocycles. The van der Waals surface area contributed by atoms with E-state index in [1.54, 1.807) is 0 Å². The van der Waals surface area contributed by atoms with E-state index in [2.05, 4.69) is 49.9 Å². The lowest BCUT2D eigenvalue weighted by Crippen LogP contribution is -2.49. The number of hydrogen-bond acceptors (Lipinski definition) is 2. The third-order valence-corrected chi connectivity index (χ3v) is 4.46. The Kier molecular flexibility index (Phi) is 4.41. The predicted molar refractivity (Wildman–Crippen MR) is 77.5 cm³/mol. The van der Waals surface area contributed by atoms with Crippen LogP contribution in [0.25, 0.3) is 0 Å². The molecule has 1 heterocycles. The van der Waals surface area contributed by atoms with E-state index >= 15 is 0 Å². The fourth-order valence-corrected chi connectivity index (χ4v) is 3.17. The summed E-state index contributed by atoms with van der Waals surface area (Å²) in [5.74, 6) is 0.719. The standard InChI is InChI=1S/C16H26N2/c1-12-6-8-15(9-7-12)14(3)18-10-4-5-13(2)16(18)11-17/h6-9,13-14,16H,4-5,10-11,17H2,1-3H3. The first kappa shape index (κ1) is 13.6. The fraction of sp³-hybridized carbons (Fsp3) is 0.625. The Morgan fingerprint density at radius 3 is 2.61 bits per heavy atom. The predicted octanol–water partition coefficient (Wildman–Crippen LogP) is 3.12. The minimum absolute atomic E-state index is 0.474. The van der Waals surface area contributed by atoms with Gasteiger partial charge in [-0.1, -0.05) is 36.8 Å². The first-order valence-electron chi connectivity index (χ1n) is 7.16. The Bertz CT molecular complexity index is 371. The minimum Gasteiger partial charge on any atom is -0.329 e. The van der Waals surface area contributed by atoms with Gasteiger partial charge in [-0.3, -0.25) is 4.90 Å². The first-order valence-corrected chi connectivity index (χ1v) is 7.16. The molecule has 3 atom stereocenters. The summed E-state index contributed by atoms with van der Waals surface area (Å²) in [6.07, 6.45) is 2.62. The smallest absolute Gasteiger partial charge is 0.0323 e. The molecule has 0 aromatic heterocycles. The van der Waals surface area contributed by atoms with E-state index in [1.807, 2.05) is 0 Å². The van der Waals surface area contributed by atoms with Crippen molar-refractivity contribution >= 4 is 0 Å². The molecule has 2 N–H and O–H groups in total. The second kappa shape index (κ2) is 5.85. The van der Waals surface area contributed by atoms with Crippen molar-refractivity contribution in [2.45, 2.75) is 45.7 Å². The van der Waals surface area contributed by atoms with Gasteiger partial charge in [0.05, 0.1) is 0 Å². The van der Waals surface area contributed by atoms with Gasteiger partial charge < -0.3 is 5.73 Å². The zero-order valence-corrected chi connectivity index (χ0v) is 11.9. The molecule has 1 fully saturated rings. The molecular formula is C16H26N2. The summed E-state index contributed by atoms with van der Waals surface area (Å²) in [7, 11) is 0. The summed E-state index contributed by atoms with van der Waals surface area (Å²) in [6, 6.07) is 9.93. The summed E-state index contributed by atoms with van der Waals surface area (Å²) in [4.78, 5) is 2.60. The van der Waals surface area contributed by atoms with Gasteiger partial charge in [0.15, 0.2) is 0 Å². The Morgan fingerprint density at radius 2 is 2.00 bits per heavy atom. The van der Waals surface area contributed by atoms with Gasteiger partial charge in [0, 0.05) is 18.6 Å². The van der Waals surface area contributed by atoms with Crippen LogP contribution >= 0.6 is 0 Å². The SMILES string of the molecule is Cc1ccc(C(C)N2CCCC(C)C2CN)cc1. The molecule has 0 saturated carbocycles. The number of rotatable bonds is 3. The van der Waals surface area contributed by atoms with Gasteiger partial charge in [-0.05, 0) is 44.7 Å². The van der Waals surface area contributed by atoms with Crippen LogP contribution in [0.4, 0.5) is 0 Å². The van der Waals surface area contributed by atoms with Gasteiger partial charge in [-0.2, -0.15) is 0 Å². The third-order valence-electron chi connectivity index (χ3n) is 4.46. The highest BCUT2D eigenvalue weighted by atomic mass is 15.2. The van der Waals surface area contributed by atoms with Crippen molar-refractivity contribution in [3.63, 3.8) is 0 Å². The highest BCUT2D eigenvalue weighted by Crippen LogP contribution is 2.31. The highest BCUT2D eigenvalue weighted by molar-refractivity contribution is 5.24. The minimum atomic E-state index is 0.474. The van der Waals surface area contributed by atoms with Gasteiger partial charge in [0.25, 0.3) is 0 Å². The maximum absolute atomic E-state index is 5.98. The summed E-state index contributed by atoms with van der Waals surface area (Å²) >= 11 is 0. The molecule has 3 unspecified atom stereocenters. The van der Waals surface area contributed by atoms with E-state index in [0.29, 0.717) is 12.1 Å². The Labute approximate surface area is 111 Å². The van der Waals surface area contributed by atoms with Crippen LogP contribution in [-0.2, 0) is 0 Å². The average Bonchev–Trinajstić information content (AvgIpc) is 2.38. The van der Waals surface area contributed by atoms with Gasteiger partial charge in [-0.25, -0.2) is 0 Å². The van der Waals surface area contributed by atoms with Crippen LogP contribution in [0.1, 0.15) is 43.9 Å². The molecular weight excluding hydrogens is 220 g/mol. The van der Waals surface area contributed by atoms with Crippen LogP contribution in [0.5, 0.6) is 0 Å². The molecule has 0 spiro atoms. The van der Waals surface area contributed by atoms with E-state index in [4.69, 9.17) is 5.73 Å². The van der Waals surface area contributed by atoms with Crippen LogP contribution in [0.3, 0.4) is 0 Å². The van der Waals surface area contributed by atoms with E-state index in [9.17, 15) is 0 Å². The van der Waals surface area contributed by atoms with Gasteiger partial charge in [-0.15, -0.1) is 0 Å². The zero-order valence-electron chi connectivity index (χ0n) is 11.9. The summed E-state index contributed by atoms with van der Waals surface area (Å²) in [5, 5.41) is 0. The molecule has 2 rings (SSSR count). The molecule has 1 aliphatic rings. The molecule has 1 aliphatic heterocycles. The largest absolute Gasteiger partial charge is 0.329 e. The quantitative estimate of drug-likeness (QED) is 0.888. The van der Waals surface area contributed by atoms with Crippen molar-refractivity contribution in [3.05, 3.63) is 35.4 Å². The van der Waals surface area contributed by atoms with E-state index < -0.39 is 0 Å². The number of aryl methyl sites for hydroxylation is 1. The van der Waals surface area contributed by atoms with Crippen molar-refractivity contribution in [3.8, 4) is 0 Å². The van der Waals surface area contributed by atoms with E-state index in [-0.39, 0.29) is 0 Å². The molecule has 100 valence electrons. The van der Waals surface area contributed by atoms with E-state index in [1.165, 1.54) is 30.5 Å². The number of likely N-dealkylation sites (tertiary alicyclic amines) is 1. The molecule has 0 radical (unpaired) electrons. The van der Waals surface area contributed by atoms with Gasteiger partial charge >= 0.3 is 0 Å². The third kappa shape index (κ3) is 2.76. The van der Waals surface area contributed by atoms with Crippen LogP contribution in [0, 0.1) is 12.8 Å². The first-order chi connectivity index (χ1) is 8.63. The summed E-state index contributed by atoms with van der Waals surface area (Å²) in [5.41, 5.74) is 8.72. The van der Waals surface area contributed by atoms with Crippen LogP contribution in [0.15, 0.2) is 24.3 Å². The van der Waals surface area contributed by atoms with Crippen molar-refractivity contribution in [2.24, 2.45) is 11.7 Å². The van der Waals surface area contributed by atoms with E-state index in [0.717, 1.165) is 12.5 Å². The number of nitrogens with two attached hydrogens (primary N) is 1. The molecule has 2 heteroatoms. The fourth-order valence-electron chi connectivity index (χ4n) is 3.17. The van der Waals surface area contributed by atoms with Crippen molar-refractivity contribution in [2.75, 3.05) is 13.1 Å². The zero-order chi connectivity index (χ0) is 13.1. The van der Waals surface area contributed by atoms with Crippen molar-refractivity contribution in [1.82, 2.24) is 4.90 Å². The Hall–Kier alpha value is -0.860. The second-order valence-corrected chi connectivity index (χ2v) is 5.75. The van der Waals surface area contributed by atoms with Gasteiger partial charge in [0.1, 0.15) is 0 Å². The molecule has 0 aliphatic carbocycles. The topological polar surface area (TPSA) is 29.3 Å². The lowest BCUT2D eigenvalue weighted by Gasteiger charge is -2.43. The molecule has 2 nitrogen and oxygen atoms in total. The average molecular weight is 246 g/mol. The molecule has 1 aromatic rings. The number of nitrogens with zero attached hydrogens (tertiary/aromatic N) is 1. The summed E-state index contributed by atoms with van der Waals surface area (Å²) in [6.45, 7) is 8.75. The molecule has 1 aromatic carbocycles. The maximum atomic E-state index is 5.98. The Balaban J connectivity index is 2.15. The molecule has 0 bridgehead atoms. The van der Waals surface area contributed by atoms with Crippen molar-refractivity contribution < 1.29 is 0 Å². The summed E-state index contributed by atoms with van der Waals surface area (Å²) < 4.78 is 0. The van der Waals surface area contributed by atoms with Gasteiger partial charge in [0.2, 0.25) is 0 Å². The number of piperidine rings is 1. The Morgan fingerprint density at radius 1 is 1.33 bits per heavy atom. The molecule has 0 amide bonds. The lowest BCUT2D eigenvalue weighted by molar-refractivity contribution is 0.0690. The second-order valence-electron chi connectivity index (χ2n) is 5.75. The van der Waals surface area contributed by atoms with Crippen LogP contribution in [0.2, 0.25) is 0 Å².